The Morgan fingerprint density at radius 3 is 2.70 bits per heavy atom. The number of para-hydroxylation sites is 1. The number of carbonyl (C=O) groups excluding carboxylic acids is 2. The highest BCUT2D eigenvalue weighted by molar-refractivity contribution is 5.99. The van der Waals surface area contributed by atoms with Crippen LogP contribution in [0, 0.1) is 10.1 Å². The molecule has 0 bridgehead atoms. The normalized spacial score (nSPS) is 10.4. The van der Waals surface area contributed by atoms with Crippen molar-refractivity contribution in [2.45, 2.75) is 6.42 Å². The van der Waals surface area contributed by atoms with E-state index in [9.17, 15) is 19.7 Å². The minimum absolute atomic E-state index is 0.0520. The third kappa shape index (κ3) is 3.87. The van der Waals surface area contributed by atoms with Crippen molar-refractivity contribution >= 4 is 28.4 Å². The minimum Gasteiger partial charge on any atom is -0.496 e. The van der Waals surface area contributed by atoms with Crippen LogP contribution in [0.15, 0.2) is 48.7 Å². The Labute approximate surface area is 153 Å². The molecule has 0 atom stereocenters. The molecule has 0 aliphatic heterocycles. The molecule has 9 nitrogen and oxygen atoms in total. The lowest BCUT2D eigenvalue weighted by Crippen LogP contribution is -2.42. The van der Waals surface area contributed by atoms with Crippen molar-refractivity contribution in [2.75, 3.05) is 7.11 Å². The number of nitrogens with zero attached hydrogens (tertiary/aromatic N) is 1. The summed E-state index contributed by atoms with van der Waals surface area (Å²) in [6.45, 7) is 0. The maximum Gasteiger partial charge on any atom is 0.273 e. The van der Waals surface area contributed by atoms with E-state index < -0.39 is 16.7 Å². The summed E-state index contributed by atoms with van der Waals surface area (Å²) in [5.41, 5.74) is 5.93. The van der Waals surface area contributed by atoms with Crippen LogP contribution in [-0.2, 0) is 11.2 Å². The molecule has 0 saturated heterocycles. The number of nitro groups is 1. The molecule has 0 aliphatic carbocycles. The zero-order valence-corrected chi connectivity index (χ0v) is 14.3. The number of hydrazine groups is 1. The molecule has 3 N–H and O–H groups in total. The van der Waals surface area contributed by atoms with Gasteiger partial charge in [0.15, 0.2) is 0 Å². The summed E-state index contributed by atoms with van der Waals surface area (Å²) in [6, 6.07) is 11.2. The van der Waals surface area contributed by atoms with E-state index >= 15 is 0 Å². The van der Waals surface area contributed by atoms with Gasteiger partial charge in [0.2, 0.25) is 5.91 Å². The van der Waals surface area contributed by atoms with E-state index in [1.807, 2.05) is 24.3 Å². The molecule has 2 amide bonds. The van der Waals surface area contributed by atoms with Gasteiger partial charge in [0, 0.05) is 29.2 Å². The average Bonchev–Trinajstić information content (AvgIpc) is 3.08. The zero-order valence-electron chi connectivity index (χ0n) is 14.3. The Kier molecular flexibility index (Phi) is 5.02. The Balaban J connectivity index is 1.67. The number of nitrogens with one attached hydrogen (secondary N) is 3. The number of benzene rings is 2. The molecule has 0 radical (unpaired) electrons. The molecule has 0 unspecified atom stereocenters. The number of nitro benzene ring substituents is 1. The molecule has 0 saturated carbocycles. The van der Waals surface area contributed by atoms with Crippen LogP contribution in [0.3, 0.4) is 0 Å². The molecule has 1 heterocycles. The van der Waals surface area contributed by atoms with Crippen LogP contribution in [0.5, 0.6) is 5.75 Å². The van der Waals surface area contributed by atoms with Gasteiger partial charge in [-0.3, -0.25) is 30.6 Å². The predicted octanol–water partition coefficient (Wildman–Crippen LogP) is 2.09. The fraction of sp³-hybridized carbons (Fsp3) is 0.111. The van der Waals surface area contributed by atoms with Crippen LogP contribution in [0.4, 0.5) is 5.69 Å². The standard InChI is InChI=1S/C18H16N4O5/c1-27-16-7-6-12(22(25)26)9-14(16)18(24)21-20-17(23)8-11-10-19-15-5-3-2-4-13(11)15/h2-7,9-10,19H,8H2,1H3,(H,20,23)(H,21,24). The Morgan fingerprint density at radius 2 is 1.96 bits per heavy atom. The Morgan fingerprint density at radius 1 is 1.19 bits per heavy atom. The number of amides is 2. The number of fused-ring (bicyclic) bond motifs is 1. The number of non-ortho nitro benzene ring substituents is 1. The number of methoxy groups -OCH3 is 1. The topological polar surface area (TPSA) is 126 Å². The number of ether oxygens (including phenoxy) is 1. The van der Waals surface area contributed by atoms with Gasteiger partial charge in [0.25, 0.3) is 11.6 Å². The maximum atomic E-state index is 12.3. The van der Waals surface area contributed by atoms with E-state index in [1.54, 1.807) is 6.20 Å². The fourth-order valence-corrected chi connectivity index (χ4v) is 2.68. The maximum absolute atomic E-state index is 12.3. The van der Waals surface area contributed by atoms with Gasteiger partial charge < -0.3 is 9.72 Å². The lowest BCUT2D eigenvalue weighted by Gasteiger charge is -2.10. The highest BCUT2D eigenvalue weighted by Crippen LogP contribution is 2.23. The first-order valence-electron chi connectivity index (χ1n) is 7.96. The van der Waals surface area contributed by atoms with Gasteiger partial charge in [-0.2, -0.15) is 0 Å². The lowest BCUT2D eigenvalue weighted by atomic mass is 10.1. The van der Waals surface area contributed by atoms with E-state index in [0.29, 0.717) is 0 Å². The lowest BCUT2D eigenvalue weighted by molar-refractivity contribution is -0.384. The van der Waals surface area contributed by atoms with Crippen molar-refractivity contribution in [3.63, 3.8) is 0 Å². The molecule has 2 aromatic carbocycles. The summed E-state index contributed by atoms with van der Waals surface area (Å²) in [5, 5.41) is 11.8. The smallest absolute Gasteiger partial charge is 0.273 e. The van der Waals surface area contributed by atoms with Gasteiger partial charge >= 0.3 is 0 Å². The van der Waals surface area contributed by atoms with E-state index in [4.69, 9.17) is 4.74 Å². The zero-order chi connectivity index (χ0) is 19.4. The molecule has 0 aliphatic rings. The molecule has 0 fully saturated rings. The van der Waals surface area contributed by atoms with Crippen LogP contribution >= 0.6 is 0 Å². The van der Waals surface area contributed by atoms with E-state index in [-0.39, 0.29) is 23.4 Å². The van der Waals surface area contributed by atoms with Gasteiger partial charge in [-0.1, -0.05) is 18.2 Å². The second-order valence-electron chi connectivity index (χ2n) is 5.68. The SMILES string of the molecule is COc1ccc([N+](=O)[O-])cc1C(=O)NNC(=O)Cc1c[nH]c2ccccc12. The van der Waals surface area contributed by atoms with E-state index in [2.05, 4.69) is 15.8 Å². The quantitative estimate of drug-likeness (QED) is 0.469. The summed E-state index contributed by atoms with van der Waals surface area (Å²) in [6.07, 6.45) is 1.78. The molecule has 3 rings (SSSR count). The van der Waals surface area contributed by atoms with Crippen molar-refractivity contribution < 1.29 is 19.2 Å². The second kappa shape index (κ2) is 7.56. The molecular formula is C18H16N4O5. The van der Waals surface area contributed by atoms with Gasteiger partial charge in [-0.25, -0.2) is 0 Å². The Hall–Kier alpha value is -3.88. The summed E-state index contributed by atoms with van der Waals surface area (Å²) < 4.78 is 5.04. The van der Waals surface area contributed by atoms with Crippen molar-refractivity contribution in [1.82, 2.24) is 15.8 Å². The number of rotatable bonds is 5. The summed E-state index contributed by atoms with van der Waals surface area (Å²) in [4.78, 5) is 37.8. The fourth-order valence-electron chi connectivity index (χ4n) is 2.68. The molecule has 138 valence electrons. The first-order chi connectivity index (χ1) is 13.0. The van der Waals surface area contributed by atoms with Crippen LogP contribution in [-0.4, -0.2) is 28.8 Å². The molecule has 3 aromatic rings. The Bertz CT molecular complexity index is 1030. The summed E-state index contributed by atoms with van der Waals surface area (Å²) in [7, 11) is 1.34. The molecular weight excluding hydrogens is 352 g/mol. The number of aromatic nitrogens is 1. The third-order valence-electron chi connectivity index (χ3n) is 3.98. The van der Waals surface area contributed by atoms with Crippen molar-refractivity contribution in [3.05, 3.63) is 69.9 Å². The first kappa shape index (κ1) is 17.9. The van der Waals surface area contributed by atoms with Crippen molar-refractivity contribution in [1.29, 1.82) is 0 Å². The monoisotopic (exact) mass is 368 g/mol. The molecule has 0 spiro atoms. The van der Waals surface area contributed by atoms with Crippen LogP contribution in [0.2, 0.25) is 0 Å². The highest BCUT2D eigenvalue weighted by Gasteiger charge is 2.18. The molecule has 1 aromatic heterocycles. The molecule has 9 heteroatoms. The first-order valence-corrected chi connectivity index (χ1v) is 7.96. The third-order valence-corrected chi connectivity index (χ3v) is 3.98. The van der Waals surface area contributed by atoms with Gasteiger partial charge in [-0.15, -0.1) is 0 Å². The predicted molar refractivity (Wildman–Crippen MR) is 97.3 cm³/mol. The van der Waals surface area contributed by atoms with Crippen molar-refractivity contribution in [3.8, 4) is 5.75 Å². The van der Waals surface area contributed by atoms with Crippen LogP contribution in [0.25, 0.3) is 10.9 Å². The van der Waals surface area contributed by atoms with Gasteiger partial charge in [-0.05, 0) is 17.7 Å². The van der Waals surface area contributed by atoms with Crippen LogP contribution in [0.1, 0.15) is 15.9 Å². The largest absolute Gasteiger partial charge is 0.496 e. The number of H-pyrrole nitrogens is 1. The summed E-state index contributed by atoms with van der Waals surface area (Å²) in [5.74, 6) is -0.996. The minimum atomic E-state index is -0.720. The van der Waals surface area contributed by atoms with Crippen LogP contribution < -0.4 is 15.6 Å². The number of carbonyl (C=O) groups is 2. The van der Waals surface area contributed by atoms with E-state index in [0.717, 1.165) is 22.5 Å². The summed E-state index contributed by atoms with van der Waals surface area (Å²) >= 11 is 0. The number of hydrogen-bond donors (Lipinski definition) is 3. The van der Waals surface area contributed by atoms with Gasteiger partial charge in [0.1, 0.15) is 5.75 Å². The number of aromatic amines is 1. The highest BCUT2D eigenvalue weighted by atomic mass is 16.6. The second-order valence-corrected chi connectivity index (χ2v) is 5.68. The average molecular weight is 368 g/mol. The van der Waals surface area contributed by atoms with E-state index in [1.165, 1.54) is 19.2 Å². The number of hydrogen-bond acceptors (Lipinski definition) is 5. The van der Waals surface area contributed by atoms with Gasteiger partial charge in [0.05, 0.1) is 24.0 Å². The van der Waals surface area contributed by atoms with Crippen molar-refractivity contribution in [2.24, 2.45) is 0 Å². The molecule has 27 heavy (non-hydrogen) atoms.